The number of hydrogen-bond donors (Lipinski definition) is 1. The average molecular weight is 382 g/mol. The highest BCUT2D eigenvalue weighted by atomic mass is 32.1. The quantitative estimate of drug-likeness (QED) is 0.544. The van der Waals surface area contributed by atoms with E-state index in [1.54, 1.807) is 12.3 Å². The van der Waals surface area contributed by atoms with E-state index >= 15 is 0 Å². The van der Waals surface area contributed by atoms with Crippen molar-refractivity contribution in [2.75, 3.05) is 5.32 Å². The van der Waals surface area contributed by atoms with Crippen LogP contribution in [0.1, 0.15) is 17.3 Å². The Labute approximate surface area is 156 Å². The molecule has 0 aliphatic carbocycles. The zero-order valence-corrected chi connectivity index (χ0v) is 15.0. The molecule has 3 heterocycles. The van der Waals surface area contributed by atoms with E-state index in [-0.39, 0.29) is 17.2 Å². The minimum Gasteiger partial charge on any atom is -0.308 e. The minimum absolute atomic E-state index is 0.253. The molecule has 1 atom stereocenters. The zero-order chi connectivity index (χ0) is 18.8. The maximum absolute atomic E-state index is 13.0. The predicted octanol–water partition coefficient (Wildman–Crippen LogP) is 0.868. The van der Waals surface area contributed by atoms with Crippen molar-refractivity contribution >= 4 is 28.0 Å². The van der Waals surface area contributed by atoms with Crippen LogP contribution in [0.5, 0.6) is 0 Å². The smallest absolute Gasteiger partial charge is 0.295 e. The lowest BCUT2D eigenvalue weighted by molar-refractivity contribution is -0.119. The Morgan fingerprint density at radius 3 is 2.85 bits per heavy atom. The van der Waals surface area contributed by atoms with E-state index in [2.05, 4.69) is 30.9 Å². The fraction of sp³-hybridized carbons (Fsp3) is 0.188. The molecule has 3 aromatic heterocycles. The number of benzene rings is 1. The van der Waals surface area contributed by atoms with Gasteiger partial charge < -0.3 is 5.32 Å². The van der Waals surface area contributed by atoms with Crippen LogP contribution in [0.15, 0.2) is 46.8 Å². The molecule has 1 amide bonds. The first-order valence-corrected chi connectivity index (χ1v) is 8.92. The Kier molecular flexibility index (Phi) is 4.42. The van der Waals surface area contributed by atoms with Crippen molar-refractivity contribution in [2.45, 2.75) is 19.4 Å². The Hall–Kier alpha value is -3.47. The lowest BCUT2D eigenvalue weighted by Crippen LogP contribution is -2.29. The highest BCUT2D eigenvalue weighted by Gasteiger charge is 2.24. The highest BCUT2D eigenvalue weighted by molar-refractivity contribution is 7.15. The van der Waals surface area contributed by atoms with Gasteiger partial charge in [-0.3, -0.25) is 9.59 Å². The molecule has 1 unspecified atom stereocenters. The molecule has 0 saturated heterocycles. The molecule has 0 fully saturated rings. The summed E-state index contributed by atoms with van der Waals surface area (Å²) < 4.78 is 2.85. The zero-order valence-electron chi connectivity index (χ0n) is 14.2. The molecule has 0 radical (unpaired) electrons. The van der Waals surface area contributed by atoms with Gasteiger partial charge in [0.25, 0.3) is 11.5 Å². The second kappa shape index (κ2) is 7.03. The summed E-state index contributed by atoms with van der Waals surface area (Å²) in [5.41, 5.74) is 0.843. The summed E-state index contributed by atoms with van der Waals surface area (Å²) >= 11 is 1.22. The van der Waals surface area contributed by atoms with E-state index in [1.165, 1.54) is 26.9 Å². The van der Waals surface area contributed by atoms with Crippen LogP contribution in [0.25, 0.3) is 4.96 Å². The van der Waals surface area contributed by atoms with E-state index in [4.69, 9.17) is 0 Å². The topological polar surface area (TPSA) is 120 Å². The van der Waals surface area contributed by atoms with E-state index in [0.29, 0.717) is 17.2 Å². The molecular formula is C16H14N8O2S. The fourth-order valence-corrected chi connectivity index (χ4v) is 3.34. The molecule has 136 valence electrons. The third kappa shape index (κ3) is 3.44. The number of fused-ring (bicyclic) bond motifs is 1. The normalized spacial score (nSPS) is 12.2. The third-order valence-electron chi connectivity index (χ3n) is 3.95. The van der Waals surface area contributed by atoms with E-state index < -0.39 is 6.04 Å². The largest absolute Gasteiger partial charge is 0.308 e. The number of nitrogens with one attached hydrogen (secondary N) is 1. The van der Waals surface area contributed by atoms with E-state index in [0.717, 1.165) is 5.56 Å². The molecule has 0 aliphatic heterocycles. The van der Waals surface area contributed by atoms with Crippen LogP contribution in [0.3, 0.4) is 0 Å². The van der Waals surface area contributed by atoms with Gasteiger partial charge in [0.15, 0.2) is 0 Å². The molecule has 11 heteroatoms. The number of anilines is 1. The van der Waals surface area contributed by atoms with Crippen LogP contribution in [0, 0.1) is 6.92 Å². The maximum Gasteiger partial charge on any atom is 0.295 e. The minimum atomic E-state index is -0.647. The summed E-state index contributed by atoms with van der Waals surface area (Å²) in [6.07, 6.45) is 1.82. The third-order valence-corrected chi connectivity index (χ3v) is 4.77. The van der Waals surface area contributed by atoms with Gasteiger partial charge in [0.2, 0.25) is 4.96 Å². The SMILES string of the molecule is Cc1nn2c(NC(=O)C(Cc3ccccc3)n3cnnn3)csc2nc1=O. The molecule has 1 N–H and O–H groups in total. The van der Waals surface area contributed by atoms with Crippen LogP contribution in [-0.2, 0) is 11.2 Å². The number of rotatable bonds is 5. The van der Waals surface area contributed by atoms with Crippen molar-refractivity contribution in [3.8, 4) is 0 Å². The molecule has 0 bridgehead atoms. The number of aromatic nitrogens is 7. The van der Waals surface area contributed by atoms with Gasteiger partial charge in [0.05, 0.1) is 0 Å². The maximum atomic E-state index is 13.0. The summed E-state index contributed by atoms with van der Waals surface area (Å²) in [7, 11) is 0. The summed E-state index contributed by atoms with van der Waals surface area (Å²) in [5, 5.41) is 19.8. The molecule has 27 heavy (non-hydrogen) atoms. The number of carbonyl (C=O) groups is 1. The Bertz CT molecular complexity index is 1140. The fourth-order valence-electron chi connectivity index (χ4n) is 2.59. The molecular weight excluding hydrogens is 368 g/mol. The van der Waals surface area contributed by atoms with Gasteiger partial charge in [-0.05, 0) is 22.9 Å². The predicted molar refractivity (Wildman–Crippen MR) is 97.5 cm³/mol. The summed E-state index contributed by atoms with van der Waals surface area (Å²) in [5.74, 6) is 0.130. The van der Waals surface area contributed by atoms with Crippen molar-refractivity contribution in [1.82, 2.24) is 34.8 Å². The lowest BCUT2D eigenvalue weighted by Gasteiger charge is -2.16. The van der Waals surface area contributed by atoms with Crippen molar-refractivity contribution in [3.63, 3.8) is 0 Å². The van der Waals surface area contributed by atoms with Gasteiger partial charge in [0.1, 0.15) is 23.9 Å². The van der Waals surface area contributed by atoms with Crippen LogP contribution >= 0.6 is 11.3 Å². The molecule has 0 saturated carbocycles. The van der Waals surface area contributed by atoms with E-state index in [9.17, 15) is 9.59 Å². The van der Waals surface area contributed by atoms with Crippen molar-refractivity contribution in [1.29, 1.82) is 0 Å². The van der Waals surface area contributed by atoms with Gasteiger partial charge in [0, 0.05) is 11.8 Å². The van der Waals surface area contributed by atoms with Crippen LogP contribution in [0.2, 0.25) is 0 Å². The highest BCUT2D eigenvalue weighted by Crippen LogP contribution is 2.20. The number of thiazole rings is 1. The molecule has 4 rings (SSSR count). The number of hydrogen-bond acceptors (Lipinski definition) is 8. The van der Waals surface area contributed by atoms with Gasteiger partial charge in [-0.1, -0.05) is 30.3 Å². The second-order valence-electron chi connectivity index (χ2n) is 5.80. The first-order chi connectivity index (χ1) is 13.1. The standard InChI is InChI=1S/C16H14N8O2S/c1-10-14(25)19-16-24(20-10)13(8-27-16)18-15(26)12(23-9-17-21-22-23)7-11-5-3-2-4-6-11/h2-6,8-9,12H,7H2,1H3,(H,18,26). The number of amides is 1. The van der Waals surface area contributed by atoms with Crippen molar-refractivity contribution in [3.05, 3.63) is 63.7 Å². The molecule has 10 nitrogen and oxygen atoms in total. The van der Waals surface area contributed by atoms with Crippen molar-refractivity contribution < 1.29 is 4.79 Å². The number of carbonyl (C=O) groups excluding carboxylic acids is 1. The first-order valence-electron chi connectivity index (χ1n) is 8.04. The molecule has 1 aromatic carbocycles. The monoisotopic (exact) mass is 382 g/mol. The number of aryl methyl sites for hydroxylation is 1. The Balaban J connectivity index is 1.64. The van der Waals surface area contributed by atoms with Gasteiger partial charge in [-0.15, -0.1) is 16.4 Å². The van der Waals surface area contributed by atoms with Crippen LogP contribution in [-0.4, -0.2) is 40.7 Å². The average Bonchev–Trinajstić information content (AvgIpc) is 3.32. The molecule has 0 spiro atoms. The second-order valence-corrected chi connectivity index (χ2v) is 6.64. The summed E-state index contributed by atoms with van der Waals surface area (Å²) in [6.45, 7) is 1.57. The van der Waals surface area contributed by atoms with Crippen LogP contribution in [0.4, 0.5) is 5.82 Å². The lowest BCUT2D eigenvalue weighted by atomic mass is 10.1. The number of nitrogens with zero attached hydrogens (tertiary/aromatic N) is 7. The van der Waals surface area contributed by atoms with Crippen LogP contribution < -0.4 is 10.9 Å². The Morgan fingerprint density at radius 1 is 1.30 bits per heavy atom. The van der Waals surface area contributed by atoms with E-state index in [1.807, 2.05) is 30.3 Å². The molecule has 0 aliphatic rings. The van der Waals surface area contributed by atoms with Gasteiger partial charge >= 0.3 is 0 Å². The Morgan fingerprint density at radius 2 is 2.11 bits per heavy atom. The first kappa shape index (κ1) is 17.0. The summed E-state index contributed by atoms with van der Waals surface area (Å²) in [6, 6.07) is 8.95. The molecule has 4 aromatic rings. The number of tetrazole rings is 1. The van der Waals surface area contributed by atoms with Gasteiger partial charge in [-0.25, -0.2) is 4.68 Å². The van der Waals surface area contributed by atoms with Crippen molar-refractivity contribution in [2.24, 2.45) is 0 Å². The summed E-state index contributed by atoms with van der Waals surface area (Å²) in [4.78, 5) is 28.9. The van der Waals surface area contributed by atoms with Gasteiger partial charge in [-0.2, -0.15) is 14.6 Å².